The van der Waals surface area contributed by atoms with Crippen molar-refractivity contribution in [2.45, 2.75) is 19.4 Å². The first-order chi connectivity index (χ1) is 8.65. The van der Waals surface area contributed by atoms with Gasteiger partial charge in [-0.25, -0.2) is 4.98 Å². The average molecular weight is 284 g/mol. The van der Waals surface area contributed by atoms with Crippen LogP contribution >= 0.6 is 22.9 Å². The molecule has 0 radical (unpaired) electrons. The Hall–Kier alpha value is -0.910. The fourth-order valence-corrected chi connectivity index (χ4v) is 3.35. The molecule has 3 heterocycles. The number of fused-ring (bicyclic) bond motifs is 1. The van der Waals surface area contributed by atoms with Gasteiger partial charge in [-0.1, -0.05) is 6.92 Å². The summed E-state index contributed by atoms with van der Waals surface area (Å²) in [6, 6.07) is 2.03. The molecule has 6 heteroatoms. The van der Waals surface area contributed by atoms with Crippen LogP contribution in [0.25, 0.3) is 10.2 Å². The highest BCUT2D eigenvalue weighted by atomic mass is 35.5. The maximum Gasteiger partial charge on any atom is 0.225 e. The molecule has 1 N–H and O–H groups in total. The monoisotopic (exact) mass is 283 g/mol. The van der Waals surface area contributed by atoms with Gasteiger partial charge in [0.15, 0.2) is 0 Å². The van der Waals surface area contributed by atoms with E-state index >= 15 is 0 Å². The smallest absolute Gasteiger partial charge is 0.225 e. The lowest BCUT2D eigenvalue weighted by Crippen LogP contribution is -2.42. The second-order valence-electron chi connectivity index (χ2n) is 4.73. The molecule has 3 rings (SSSR count). The Kier molecular flexibility index (Phi) is 3.13. The molecule has 2 aromatic heterocycles. The van der Waals surface area contributed by atoms with Gasteiger partial charge in [-0.3, -0.25) is 0 Å². The summed E-state index contributed by atoms with van der Waals surface area (Å²) in [6.07, 6.45) is 0.561. The molecule has 1 saturated heterocycles. The van der Waals surface area contributed by atoms with Gasteiger partial charge in [-0.05, 0) is 35.4 Å². The highest BCUT2D eigenvalue weighted by Gasteiger charge is 2.26. The van der Waals surface area contributed by atoms with Gasteiger partial charge in [0.25, 0.3) is 0 Å². The average Bonchev–Trinajstić information content (AvgIpc) is 2.79. The van der Waals surface area contributed by atoms with Gasteiger partial charge in [0, 0.05) is 13.1 Å². The van der Waals surface area contributed by atoms with E-state index in [1.165, 1.54) is 0 Å². The van der Waals surface area contributed by atoms with E-state index < -0.39 is 0 Å². The Labute approximate surface area is 114 Å². The van der Waals surface area contributed by atoms with E-state index in [2.05, 4.69) is 21.8 Å². The molecule has 0 bridgehead atoms. The summed E-state index contributed by atoms with van der Waals surface area (Å²) in [5.41, 5.74) is 0. The highest BCUT2D eigenvalue weighted by molar-refractivity contribution is 7.16. The van der Waals surface area contributed by atoms with Crippen molar-refractivity contribution in [2.24, 2.45) is 5.92 Å². The summed E-state index contributed by atoms with van der Waals surface area (Å²) in [5.74, 6) is 1.14. The zero-order chi connectivity index (χ0) is 12.7. The zero-order valence-corrected chi connectivity index (χ0v) is 11.6. The third-order valence-electron chi connectivity index (χ3n) is 3.44. The number of piperidine rings is 1. The topological polar surface area (TPSA) is 49.2 Å². The molecule has 0 spiro atoms. The van der Waals surface area contributed by atoms with Crippen molar-refractivity contribution in [2.75, 3.05) is 18.0 Å². The Morgan fingerprint density at radius 3 is 3.11 bits per heavy atom. The lowest BCUT2D eigenvalue weighted by molar-refractivity contribution is 0.0969. The molecule has 0 amide bonds. The largest absolute Gasteiger partial charge is 0.393 e. The summed E-state index contributed by atoms with van der Waals surface area (Å²) in [4.78, 5) is 11.7. The summed E-state index contributed by atoms with van der Waals surface area (Å²) >= 11 is 7.54. The normalized spacial score (nSPS) is 24.7. The fourth-order valence-electron chi connectivity index (χ4n) is 2.38. The van der Waals surface area contributed by atoms with Crippen LogP contribution in [0.2, 0.25) is 5.28 Å². The third kappa shape index (κ3) is 2.06. The summed E-state index contributed by atoms with van der Waals surface area (Å²) in [7, 11) is 0. The van der Waals surface area contributed by atoms with Crippen molar-refractivity contribution in [3.05, 3.63) is 16.7 Å². The Balaban J connectivity index is 2.01. The first kappa shape index (κ1) is 12.1. The fraction of sp³-hybridized carbons (Fsp3) is 0.500. The molecule has 1 aliphatic heterocycles. The van der Waals surface area contributed by atoms with Crippen molar-refractivity contribution >= 4 is 39.0 Å². The molecular weight excluding hydrogens is 270 g/mol. The number of halogens is 1. The second-order valence-corrected chi connectivity index (χ2v) is 5.97. The quantitative estimate of drug-likeness (QED) is 0.817. The number of aromatic nitrogens is 2. The number of rotatable bonds is 1. The van der Waals surface area contributed by atoms with E-state index in [4.69, 9.17) is 11.6 Å². The van der Waals surface area contributed by atoms with Crippen LogP contribution in [0.5, 0.6) is 0 Å². The van der Waals surface area contributed by atoms with Crippen LogP contribution in [0.1, 0.15) is 13.3 Å². The van der Waals surface area contributed by atoms with Gasteiger partial charge in [0.1, 0.15) is 10.6 Å². The predicted octanol–water partition coefficient (Wildman–Crippen LogP) is 2.55. The van der Waals surface area contributed by atoms with Crippen molar-refractivity contribution in [3.8, 4) is 0 Å². The van der Waals surface area contributed by atoms with E-state index in [1.54, 1.807) is 11.3 Å². The third-order valence-corrected chi connectivity index (χ3v) is 4.41. The van der Waals surface area contributed by atoms with Gasteiger partial charge in [0.2, 0.25) is 5.28 Å². The van der Waals surface area contributed by atoms with E-state index in [0.717, 1.165) is 35.5 Å². The molecule has 18 heavy (non-hydrogen) atoms. The van der Waals surface area contributed by atoms with E-state index in [1.807, 2.05) is 11.4 Å². The SMILES string of the molecule is CC1CN(c2nc(Cl)nc3sccc23)CCC1O. The molecule has 96 valence electrons. The van der Waals surface area contributed by atoms with Crippen molar-refractivity contribution in [1.29, 1.82) is 0 Å². The molecule has 1 fully saturated rings. The molecule has 2 aromatic rings. The summed E-state index contributed by atoms with van der Waals surface area (Å²) < 4.78 is 0. The highest BCUT2D eigenvalue weighted by Crippen LogP contribution is 2.31. The number of hydrogen-bond donors (Lipinski definition) is 1. The number of aliphatic hydroxyl groups is 1. The molecule has 2 unspecified atom stereocenters. The van der Waals surface area contributed by atoms with Crippen molar-refractivity contribution in [3.63, 3.8) is 0 Å². The van der Waals surface area contributed by atoms with Gasteiger partial charge >= 0.3 is 0 Å². The summed E-state index contributed by atoms with van der Waals surface area (Å²) in [5, 5.41) is 13.1. The molecule has 0 saturated carbocycles. The molecule has 0 aromatic carbocycles. The second kappa shape index (κ2) is 4.64. The lowest BCUT2D eigenvalue weighted by Gasteiger charge is -2.35. The first-order valence-corrected chi connectivity index (χ1v) is 7.24. The van der Waals surface area contributed by atoms with Crippen LogP contribution in [-0.2, 0) is 0 Å². The van der Waals surface area contributed by atoms with Gasteiger partial charge < -0.3 is 10.0 Å². The van der Waals surface area contributed by atoms with Crippen LogP contribution in [0.15, 0.2) is 11.4 Å². The van der Waals surface area contributed by atoms with Gasteiger partial charge in [-0.2, -0.15) is 4.98 Å². The summed E-state index contributed by atoms with van der Waals surface area (Å²) in [6.45, 7) is 3.67. The Morgan fingerprint density at radius 1 is 1.50 bits per heavy atom. The predicted molar refractivity (Wildman–Crippen MR) is 74.4 cm³/mol. The number of hydrogen-bond acceptors (Lipinski definition) is 5. The molecular formula is C12H14ClN3OS. The van der Waals surface area contributed by atoms with Crippen LogP contribution in [0, 0.1) is 5.92 Å². The van der Waals surface area contributed by atoms with E-state index in [-0.39, 0.29) is 12.0 Å². The molecule has 2 atom stereocenters. The first-order valence-electron chi connectivity index (χ1n) is 5.99. The van der Waals surface area contributed by atoms with Crippen molar-refractivity contribution in [1.82, 2.24) is 9.97 Å². The van der Waals surface area contributed by atoms with Gasteiger partial charge in [-0.15, -0.1) is 11.3 Å². The minimum atomic E-state index is -0.212. The van der Waals surface area contributed by atoms with Crippen LogP contribution in [0.3, 0.4) is 0 Å². The maximum absolute atomic E-state index is 9.79. The molecule has 1 aliphatic rings. The van der Waals surface area contributed by atoms with Crippen LogP contribution in [0.4, 0.5) is 5.82 Å². The number of nitrogens with zero attached hydrogens (tertiary/aromatic N) is 3. The Bertz CT molecular complexity index is 573. The standard InChI is InChI=1S/C12H14ClN3OS/c1-7-6-16(4-2-9(7)17)10-8-3-5-18-11(8)15-12(13)14-10/h3,5,7,9,17H,2,4,6H2,1H3. The number of anilines is 1. The molecule has 4 nitrogen and oxygen atoms in total. The lowest BCUT2D eigenvalue weighted by atomic mass is 9.97. The minimum absolute atomic E-state index is 0.212. The van der Waals surface area contributed by atoms with Crippen LogP contribution in [-0.4, -0.2) is 34.3 Å². The number of aliphatic hydroxyl groups excluding tert-OH is 1. The Morgan fingerprint density at radius 2 is 2.33 bits per heavy atom. The van der Waals surface area contributed by atoms with Gasteiger partial charge in [0.05, 0.1) is 11.5 Å². The van der Waals surface area contributed by atoms with Crippen LogP contribution < -0.4 is 4.90 Å². The van der Waals surface area contributed by atoms with E-state index in [9.17, 15) is 5.11 Å². The maximum atomic E-state index is 9.79. The van der Waals surface area contributed by atoms with E-state index in [0.29, 0.717) is 5.28 Å². The molecule has 0 aliphatic carbocycles. The van der Waals surface area contributed by atoms with Crippen molar-refractivity contribution < 1.29 is 5.11 Å². The zero-order valence-electron chi connectivity index (χ0n) is 10.0. The number of thiophene rings is 1. The minimum Gasteiger partial charge on any atom is -0.393 e.